The maximum absolute atomic E-state index is 13.5. The van der Waals surface area contributed by atoms with Gasteiger partial charge in [-0.2, -0.15) is 13.2 Å². The molecule has 0 radical (unpaired) electrons. The van der Waals surface area contributed by atoms with Crippen LogP contribution in [0.4, 0.5) is 19.0 Å². The van der Waals surface area contributed by atoms with E-state index in [9.17, 15) is 23.1 Å². The first kappa shape index (κ1) is 28.0. The number of fused-ring (bicyclic) bond motifs is 2. The predicted molar refractivity (Wildman–Crippen MR) is 153 cm³/mol. The molecule has 218 valence electrons. The number of alkyl halides is 3. The second-order valence-corrected chi connectivity index (χ2v) is 11.4. The lowest BCUT2D eigenvalue weighted by Crippen LogP contribution is -2.47. The number of imidazole rings is 1. The number of benzene rings is 2. The quantitative estimate of drug-likeness (QED) is 0.288. The van der Waals surface area contributed by atoms with E-state index in [1.807, 2.05) is 21.6 Å². The van der Waals surface area contributed by atoms with Crippen molar-refractivity contribution in [1.29, 1.82) is 0 Å². The average molecular weight is 576 g/mol. The Balaban J connectivity index is 1.39. The molecule has 2 aliphatic heterocycles. The van der Waals surface area contributed by atoms with E-state index in [1.165, 1.54) is 12.1 Å². The van der Waals surface area contributed by atoms with E-state index in [-0.39, 0.29) is 23.4 Å². The predicted octanol–water partition coefficient (Wildman–Crippen LogP) is 5.92. The number of rotatable bonds is 5. The Bertz CT molecular complexity index is 1680. The molecule has 1 unspecified atom stereocenters. The molecule has 1 fully saturated rings. The summed E-state index contributed by atoms with van der Waals surface area (Å²) in [4.78, 5) is 23.9. The molecule has 0 spiro atoms. The molecular weight excluding hydrogens is 543 g/mol. The Morgan fingerprint density at radius 1 is 1.05 bits per heavy atom. The molecule has 2 aromatic heterocycles. The van der Waals surface area contributed by atoms with Gasteiger partial charge in [-0.05, 0) is 42.0 Å². The number of nitrogens with two attached hydrogens (primary N) is 1. The molecule has 42 heavy (non-hydrogen) atoms. The van der Waals surface area contributed by atoms with Gasteiger partial charge in [-0.1, -0.05) is 62.4 Å². The van der Waals surface area contributed by atoms with Gasteiger partial charge in [-0.15, -0.1) is 0 Å². The van der Waals surface area contributed by atoms with E-state index in [0.717, 1.165) is 36.4 Å². The van der Waals surface area contributed by atoms with Gasteiger partial charge in [0.1, 0.15) is 28.5 Å². The van der Waals surface area contributed by atoms with Crippen molar-refractivity contribution in [3.8, 4) is 11.3 Å². The number of halogens is 3. The SMILES string of the molecule is CC(C)C(O)(c1ccc(-c2nc([C@@H]3CC[C@H]4C=CCC(=O)N4C3)n3ccnc(N)c23)cc1)c1cccc(C(F)(F)F)c1. The second-order valence-electron chi connectivity index (χ2n) is 11.4. The molecule has 10 heteroatoms. The van der Waals surface area contributed by atoms with Gasteiger partial charge >= 0.3 is 6.18 Å². The number of hydrogen-bond donors (Lipinski definition) is 2. The van der Waals surface area contributed by atoms with E-state index in [4.69, 9.17) is 10.7 Å². The second kappa shape index (κ2) is 10.3. The summed E-state index contributed by atoms with van der Waals surface area (Å²) in [5, 5.41) is 11.8. The Hall–Kier alpha value is -4.18. The first-order valence-electron chi connectivity index (χ1n) is 14.1. The molecule has 0 saturated carbocycles. The number of aromatic nitrogens is 3. The third-order valence-corrected chi connectivity index (χ3v) is 8.64. The molecule has 0 aliphatic carbocycles. The lowest BCUT2D eigenvalue weighted by atomic mass is 9.77. The van der Waals surface area contributed by atoms with Crippen LogP contribution in [0.5, 0.6) is 0 Å². The van der Waals surface area contributed by atoms with E-state index in [2.05, 4.69) is 11.1 Å². The van der Waals surface area contributed by atoms with Gasteiger partial charge in [0.25, 0.3) is 0 Å². The number of nitrogen functional groups attached to an aromatic ring is 1. The summed E-state index contributed by atoms with van der Waals surface area (Å²) in [7, 11) is 0. The highest BCUT2D eigenvalue weighted by atomic mass is 19.4. The molecular formula is C32H32F3N5O2. The highest BCUT2D eigenvalue weighted by Crippen LogP contribution is 2.41. The fraction of sp³-hybridized carbons (Fsp3) is 0.344. The van der Waals surface area contributed by atoms with Crippen molar-refractivity contribution in [1.82, 2.24) is 19.3 Å². The third-order valence-electron chi connectivity index (χ3n) is 8.64. The number of piperidine rings is 1. The first-order chi connectivity index (χ1) is 20.0. The van der Waals surface area contributed by atoms with Crippen LogP contribution >= 0.6 is 0 Å². The molecule has 7 nitrogen and oxygen atoms in total. The molecule has 4 aromatic rings. The van der Waals surface area contributed by atoms with Crippen molar-refractivity contribution < 1.29 is 23.1 Å². The zero-order valence-corrected chi connectivity index (χ0v) is 23.3. The van der Waals surface area contributed by atoms with Crippen molar-refractivity contribution in [2.75, 3.05) is 12.3 Å². The minimum absolute atomic E-state index is 0.00552. The molecule has 2 aromatic carbocycles. The topological polar surface area (TPSA) is 96.8 Å². The van der Waals surface area contributed by atoms with Gasteiger partial charge in [0.05, 0.1) is 11.6 Å². The van der Waals surface area contributed by atoms with Crippen molar-refractivity contribution in [2.24, 2.45) is 5.92 Å². The zero-order valence-electron chi connectivity index (χ0n) is 23.3. The van der Waals surface area contributed by atoms with Crippen LogP contribution in [0.2, 0.25) is 0 Å². The third kappa shape index (κ3) is 4.63. The van der Waals surface area contributed by atoms with Crippen LogP contribution in [-0.4, -0.2) is 42.9 Å². The van der Waals surface area contributed by atoms with Gasteiger partial charge in [-0.25, -0.2) is 9.97 Å². The minimum atomic E-state index is -4.52. The molecule has 3 N–H and O–H groups in total. The van der Waals surface area contributed by atoms with Gasteiger partial charge in [0.2, 0.25) is 5.91 Å². The number of hydrogen-bond acceptors (Lipinski definition) is 5. The first-order valence-corrected chi connectivity index (χ1v) is 14.1. The van der Waals surface area contributed by atoms with Crippen LogP contribution < -0.4 is 5.73 Å². The lowest BCUT2D eigenvalue weighted by Gasteiger charge is -2.39. The van der Waals surface area contributed by atoms with Crippen LogP contribution in [0.15, 0.2) is 73.1 Å². The van der Waals surface area contributed by atoms with Gasteiger partial charge in [-0.3, -0.25) is 9.20 Å². The molecule has 6 rings (SSSR count). The fourth-order valence-corrected chi connectivity index (χ4v) is 6.36. The summed E-state index contributed by atoms with van der Waals surface area (Å²) in [6.45, 7) is 4.10. The summed E-state index contributed by atoms with van der Waals surface area (Å²) in [5.74, 6) is 0.800. The maximum atomic E-state index is 13.5. The smallest absolute Gasteiger partial charge is 0.382 e. The van der Waals surface area contributed by atoms with Crippen LogP contribution in [0.3, 0.4) is 0 Å². The Morgan fingerprint density at radius 3 is 2.50 bits per heavy atom. The largest absolute Gasteiger partial charge is 0.416 e. The summed E-state index contributed by atoms with van der Waals surface area (Å²) >= 11 is 0. The van der Waals surface area contributed by atoms with Crippen molar-refractivity contribution in [2.45, 2.75) is 56.8 Å². The molecule has 1 amide bonds. The van der Waals surface area contributed by atoms with Gasteiger partial charge in [0.15, 0.2) is 0 Å². The van der Waals surface area contributed by atoms with E-state index < -0.39 is 23.3 Å². The Kier molecular flexibility index (Phi) is 6.84. The van der Waals surface area contributed by atoms with E-state index in [0.29, 0.717) is 35.6 Å². The highest BCUT2D eigenvalue weighted by Gasteiger charge is 2.39. The Labute approximate surface area is 241 Å². The zero-order chi connectivity index (χ0) is 29.8. The average Bonchev–Trinajstić information content (AvgIpc) is 3.37. The minimum Gasteiger partial charge on any atom is -0.382 e. The number of carbonyl (C=O) groups excluding carboxylic acids is 1. The lowest BCUT2D eigenvalue weighted by molar-refractivity contribution is -0.138. The number of anilines is 1. The van der Waals surface area contributed by atoms with E-state index in [1.54, 1.807) is 44.3 Å². The van der Waals surface area contributed by atoms with Crippen LogP contribution in [0.25, 0.3) is 16.8 Å². The van der Waals surface area contributed by atoms with Gasteiger partial charge in [0, 0.05) is 36.8 Å². The van der Waals surface area contributed by atoms with Crippen LogP contribution in [0.1, 0.15) is 61.5 Å². The number of nitrogens with zero attached hydrogens (tertiary/aromatic N) is 4. The standard InChI is InChI=1S/C32H32F3N5O2/c1-19(2)31(42,23-5-3-6-24(17-23)32(33,34)35)22-12-9-20(10-13-22)27-28-29(36)37-15-16-39(28)30(38-27)21-11-14-25-7-4-8-26(41)40(25)18-21/h3-7,9-10,12-13,15-17,19,21,25,42H,8,11,14,18H2,1-2H3,(H2,36,37)/t21-,25-,31?/m1/s1. The van der Waals surface area contributed by atoms with Crippen LogP contribution in [0, 0.1) is 5.92 Å². The summed E-state index contributed by atoms with van der Waals surface area (Å²) in [6.07, 6.45) is 5.07. The summed E-state index contributed by atoms with van der Waals surface area (Å²) in [6, 6.07) is 12.0. The normalized spacial score (nSPS) is 20.6. The van der Waals surface area contributed by atoms with Crippen molar-refractivity contribution >= 4 is 17.2 Å². The molecule has 1 saturated heterocycles. The number of carbonyl (C=O) groups is 1. The molecule has 2 aliphatic rings. The molecule has 3 atom stereocenters. The van der Waals surface area contributed by atoms with Gasteiger partial charge < -0.3 is 15.7 Å². The number of amides is 1. The summed E-state index contributed by atoms with van der Waals surface area (Å²) in [5.41, 5.74) is 6.49. The number of aliphatic hydroxyl groups is 1. The van der Waals surface area contributed by atoms with E-state index >= 15 is 0 Å². The fourth-order valence-electron chi connectivity index (χ4n) is 6.36. The van der Waals surface area contributed by atoms with Crippen LogP contribution in [-0.2, 0) is 16.6 Å². The van der Waals surface area contributed by atoms with Crippen molar-refractivity contribution in [3.63, 3.8) is 0 Å². The molecule has 0 bridgehead atoms. The summed E-state index contributed by atoms with van der Waals surface area (Å²) < 4.78 is 42.3. The molecule has 4 heterocycles. The van der Waals surface area contributed by atoms with Crippen molar-refractivity contribution in [3.05, 3.63) is 95.6 Å². The maximum Gasteiger partial charge on any atom is 0.416 e. The Morgan fingerprint density at radius 2 is 1.79 bits per heavy atom. The highest BCUT2D eigenvalue weighted by molar-refractivity contribution is 5.85. The monoisotopic (exact) mass is 575 g/mol.